The molecule has 0 bridgehead atoms. The molecule has 1 aromatic rings. The average Bonchev–Trinajstić information content (AvgIpc) is 2.94. The Labute approximate surface area is 88.0 Å². The SMILES string of the molecule is COc1ccccc1C12CC1COC2=O. The molecule has 1 saturated carbocycles. The van der Waals surface area contributed by atoms with E-state index in [1.54, 1.807) is 7.11 Å². The van der Waals surface area contributed by atoms with Gasteiger partial charge in [-0.1, -0.05) is 18.2 Å². The predicted octanol–water partition coefficient (Wildman–Crippen LogP) is 1.51. The van der Waals surface area contributed by atoms with E-state index in [0.29, 0.717) is 12.5 Å². The third-order valence-corrected chi connectivity index (χ3v) is 3.47. The average molecular weight is 204 g/mol. The van der Waals surface area contributed by atoms with Crippen molar-refractivity contribution < 1.29 is 14.3 Å². The van der Waals surface area contributed by atoms with Gasteiger partial charge in [0, 0.05) is 11.5 Å². The molecule has 1 aliphatic carbocycles. The first-order chi connectivity index (χ1) is 7.29. The number of carbonyl (C=O) groups excluding carboxylic acids is 1. The van der Waals surface area contributed by atoms with Crippen LogP contribution < -0.4 is 4.74 Å². The summed E-state index contributed by atoms with van der Waals surface area (Å²) in [5.41, 5.74) is 0.604. The number of cyclic esters (lactones) is 1. The van der Waals surface area contributed by atoms with Gasteiger partial charge in [-0.2, -0.15) is 0 Å². The lowest BCUT2D eigenvalue weighted by atomic mass is 9.94. The fraction of sp³-hybridized carbons (Fsp3) is 0.417. The third kappa shape index (κ3) is 0.978. The van der Waals surface area contributed by atoms with E-state index in [2.05, 4.69) is 0 Å². The van der Waals surface area contributed by atoms with Gasteiger partial charge in [-0.15, -0.1) is 0 Å². The van der Waals surface area contributed by atoms with Crippen LogP contribution in [0.4, 0.5) is 0 Å². The quantitative estimate of drug-likeness (QED) is 0.685. The van der Waals surface area contributed by atoms with Gasteiger partial charge >= 0.3 is 5.97 Å². The van der Waals surface area contributed by atoms with E-state index < -0.39 is 0 Å². The highest BCUT2D eigenvalue weighted by Crippen LogP contribution is 2.60. The second kappa shape index (κ2) is 2.75. The van der Waals surface area contributed by atoms with Crippen LogP contribution in [0.3, 0.4) is 0 Å². The van der Waals surface area contributed by atoms with Crippen molar-refractivity contribution in [1.82, 2.24) is 0 Å². The minimum absolute atomic E-state index is 0.0861. The van der Waals surface area contributed by atoms with Crippen LogP contribution in [0, 0.1) is 5.92 Å². The van der Waals surface area contributed by atoms with E-state index in [4.69, 9.17) is 9.47 Å². The standard InChI is InChI=1S/C12H12O3/c1-14-10-5-3-2-4-9(10)12-6-8(12)7-15-11(12)13/h2-5,8H,6-7H2,1H3. The van der Waals surface area contributed by atoms with Crippen molar-refractivity contribution in [3.63, 3.8) is 0 Å². The smallest absolute Gasteiger partial charge is 0.317 e. The van der Waals surface area contributed by atoms with Gasteiger partial charge in [0.25, 0.3) is 0 Å². The second-order valence-electron chi connectivity index (χ2n) is 4.17. The number of carbonyl (C=O) groups is 1. The summed E-state index contributed by atoms with van der Waals surface area (Å²) in [4.78, 5) is 11.7. The molecular weight excluding hydrogens is 192 g/mol. The number of ether oxygens (including phenoxy) is 2. The molecule has 2 fully saturated rings. The Morgan fingerprint density at radius 2 is 2.27 bits per heavy atom. The fourth-order valence-electron chi connectivity index (χ4n) is 2.54. The van der Waals surface area contributed by atoms with Crippen LogP contribution in [0.15, 0.2) is 24.3 Å². The summed E-state index contributed by atoms with van der Waals surface area (Å²) in [6.45, 7) is 0.566. The largest absolute Gasteiger partial charge is 0.496 e. The Morgan fingerprint density at radius 3 is 2.87 bits per heavy atom. The molecule has 1 aromatic carbocycles. The lowest BCUT2D eigenvalue weighted by Crippen LogP contribution is -2.19. The number of benzene rings is 1. The molecule has 2 aliphatic rings. The summed E-state index contributed by atoms with van der Waals surface area (Å²) in [6, 6.07) is 7.71. The van der Waals surface area contributed by atoms with E-state index in [1.165, 1.54) is 0 Å². The first-order valence-electron chi connectivity index (χ1n) is 5.10. The molecule has 1 aliphatic heterocycles. The van der Waals surface area contributed by atoms with E-state index in [9.17, 15) is 4.79 Å². The molecule has 0 N–H and O–H groups in total. The monoisotopic (exact) mass is 204 g/mol. The number of hydrogen-bond acceptors (Lipinski definition) is 3. The zero-order valence-corrected chi connectivity index (χ0v) is 8.53. The van der Waals surface area contributed by atoms with Crippen molar-refractivity contribution in [2.75, 3.05) is 13.7 Å². The van der Waals surface area contributed by atoms with Crippen LogP contribution in [0.2, 0.25) is 0 Å². The summed E-state index contributed by atoms with van der Waals surface area (Å²) in [7, 11) is 1.63. The second-order valence-corrected chi connectivity index (χ2v) is 4.17. The van der Waals surface area contributed by atoms with Gasteiger partial charge in [0.05, 0.1) is 13.7 Å². The molecule has 1 heterocycles. The molecular formula is C12H12O3. The summed E-state index contributed by atoms with van der Waals surface area (Å²) in [5.74, 6) is 1.07. The van der Waals surface area contributed by atoms with Gasteiger partial charge in [-0.25, -0.2) is 0 Å². The molecule has 2 unspecified atom stereocenters. The Morgan fingerprint density at radius 1 is 1.47 bits per heavy atom. The van der Waals surface area contributed by atoms with Gasteiger partial charge in [0.1, 0.15) is 11.2 Å². The van der Waals surface area contributed by atoms with E-state index in [-0.39, 0.29) is 11.4 Å². The van der Waals surface area contributed by atoms with Crippen LogP contribution in [-0.4, -0.2) is 19.7 Å². The van der Waals surface area contributed by atoms with Crippen LogP contribution in [0.25, 0.3) is 0 Å². The molecule has 0 aromatic heterocycles. The lowest BCUT2D eigenvalue weighted by Gasteiger charge is -2.13. The summed E-state index contributed by atoms with van der Waals surface area (Å²) < 4.78 is 10.4. The molecule has 3 nitrogen and oxygen atoms in total. The highest BCUT2D eigenvalue weighted by atomic mass is 16.5. The van der Waals surface area contributed by atoms with Gasteiger partial charge in [0.2, 0.25) is 0 Å². The summed E-state index contributed by atoms with van der Waals surface area (Å²) >= 11 is 0. The van der Waals surface area contributed by atoms with Crippen LogP contribution in [-0.2, 0) is 14.9 Å². The van der Waals surface area contributed by atoms with E-state index in [0.717, 1.165) is 17.7 Å². The van der Waals surface area contributed by atoms with Crippen molar-refractivity contribution in [3.8, 4) is 5.75 Å². The van der Waals surface area contributed by atoms with Crippen molar-refractivity contribution >= 4 is 5.97 Å². The zero-order valence-electron chi connectivity index (χ0n) is 8.53. The Bertz CT molecular complexity index is 427. The zero-order chi connectivity index (χ0) is 10.5. The number of fused-ring (bicyclic) bond motifs is 1. The molecule has 1 saturated heterocycles. The van der Waals surface area contributed by atoms with Crippen LogP contribution in [0.1, 0.15) is 12.0 Å². The third-order valence-electron chi connectivity index (χ3n) is 3.47. The number of para-hydroxylation sites is 1. The highest BCUT2D eigenvalue weighted by molar-refractivity contribution is 5.90. The van der Waals surface area contributed by atoms with Crippen molar-refractivity contribution in [3.05, 3.63) is 29.8 Å². The maximum absolute atomic E-state index is 11.7. The van der Waals surface area contributed by atoms with Crippen LogP contribution >= 0.6 is 0 Å². The molecule has 78 valence electrons. The first-order valence-corrected chi connectivity index (χ1v) is 5.10. The summed E-state index contributed by atoms with van der Waals surface area (Å²) in [6.07, 6.45) is 0.909. The van der Waals surface area contributed by atoms with Gasteiger partial charge in [0.15, 0.2) is 0 Å². The molecule has 0 amide bonds. The molecule has 0 radical (unpaired) electrons. The number of rotatable bonds is 2. The predicted molar refractivity (Wildman–Crippen MR) is 53.7 cm³/mol. The number of methoxy groups -OCH3 is 1. The summed E-state index contributed by atoms with van der Waals surface area (Å²) in [5, 5.41) is 0. The Hall–Kier alpha value is -1.51. The molecule has 3 rings (SSSR count). The van der Waals surface area contributed by atoms with E-state index >= 15 is 0 Å². The molecule has 2 atom stereocenters. The van der Waals surface area contributed by atoms with Crippen LogP contribution in [0.5, 0.6) is 5.75 Å². The maximum atomic E-state index is 11.7. The van der Waals surface area contributed by atoms with E-state index in [1.807, 2.05) is 24.3 Å². The number of hydrogen-bond donors (Lipinski definition) is 0. The van der Waals surface area contributed by atoms with Crippen molar-refractivity contribution in [2.24, 2.45) is 5.92 Å². The fourth-order valence-corrected chi connectivity index (χ4v) is 2.54. The first kappa shape index (κ1) is 8.77. The minimum atomic E-state index is -0.382. The topological polar surface area (TPSA) is 35.5 Å². The normalized spacial score (nSPS) is 32.1. The van der Waals surface area contributed by atoms with Gasteiger partial charge in [-0.3, -0.25) is 4.79 Å². The molecule has 15 heavy (non-hydrogen) atoms. The maximum Gasteiger partial charge on any atom is 0.317 e. The van der Waals surface area contributed by atoms with Crippen molar-refractivity contribution in [2.45, 2.75) is 11.8 Å². The Kier molecular flexibility index (Phi) is 1.61. The molecule has 0 spiro atoms. The highest BCUT2D eigenvalue weighted by Gasteiger charge is 2.67. The minimum Gasteiger partial charge on any atom is -0.496 e. The molecule has 3 heteroatoms. The van der Waals surface area contributed by atoms with Crippen molar-refractivity contribution in [1.29, 1.82) is 0 Å². The number of esters is 1. The lowest BCUT2D eigenvalue weighted by molar-refractivity contribution is -0.142. The van der Waals surface area contributed by atoms with Gasteiger partial charge < -0.3 is 9.47 Å². The van der Waals surface area contributed by atoms with Gasteiger partial charge in [-0.05, 0) is 12.5 Å². The Balaban J connectivity index is 2.10.